The van der Waals surface area contributed by atoms with E-state index in [-0.39, 0.29) is 29.8 Å². The van der Waals surface area contributed by atoms with Crippen LogP contribution in [0.2, 0.25) is 0 Å². The molecule has 1 heterocycles. The highest BCUT2D eigenvalue weighted by Crippen LogP contribution is 2.42. The normalized spacial score (nSPS) is 23.6. The van der Waals surface area contributed by atoms with Crippen molar-refractivity contribution in [2.24, 2.45) is 5.92 Å². The summed E-state index contributed by atoms with van der Waals surface area (Å²) < 4.78 is 1.08. The number of benzene rings is 1. The summed E-state index contributed by atoms with van der Waals surface area (Å²) in [7, 11) is 0. The van der Waals surface area contributed by atoms with Crippen molar-refractivity contribution in [1.29, 1.82) is 0 Å². The van der Waals surface area contributed by atoms with E-state index in [4.69, 9.17) is 0 Å². The summed E-state index contributed by atoms with van der Waals surface area (Å²) in [5.41, 5.74) is 1.11. The predicted octanol–water partition coefficient (Wildman–Crippen LogP) is 3.37. The maximum atomic E-state index is 12.5. The fourth-order valence-corrected chi connectivity index (χ4v) is 3.62. The molecule has 116 valence electrons. The highest BCUT2D eigenvalue weighted by molar-refractivity contribution is 9.10. The Morgan fingerprint density at radius 1 is 1.33 bits per heavy atom. The van der Waals surface area contributed by atoms with Crippen LogP contribution in [-0.2, 0) is 10.3 Å². The maximum absolute atomic E-state index is 12.5. The minimum atomic E-state index is -0.127. The van der Waals surface area contributed by atoms with Gasteiger partial charge in [0.25, 0.3) is 0 Å². The highest BCUT2D eigenvalue weighted by Gasteiger charge is 2.41. The lowest BCUT2D eigenvalue weighted by atomic mass is 9.71. The van der Waals surface area contributed by atoms with Gasteiger partial charge in [0, 0.05) is 11.0 Å². The van der Waals surface area contributed by atoms with Crippen LogP contribution in [0.1, 0.15) is 37.7 Å². The van der Waals surface area contributed by atoms with Gasteiger partial charge in [-0.3, -0.25) is 4.79 Å². The van der Waals surface area contributed by atoms with Gasteiger partial charge in [0.15, 0.2) is 0 Å². The molecule has 2 N–H and O–H groups in total. The van der Waals surface area contributed by atoms with Crippen molar-refractivity contribution in [3.05, 3.63) is 34.3 Å². The van der Waals surface area contributed by atoms with Crippen LogP contribution < -0.4 is 10.6 Å². The lowest BCUT2D eigenvalue weighted by Crippen LogP contribution is -2.54. The van der Waals surface area contributed by atoms with Gasteiger partial charge in [-0.15, -0.1) is 12.4 Å². The quantitative estimate of drug-likeness (QED) is 0.853. The zero-order valence-corrected chi connectivity index (χ0v) is 14.4. The number of carbonyl (C=O) groups excluding carboxylic acids is 1. The van der Waals surface area contributed by atoms with Crippen LogP contribution in [0.15, 0.2) is 28.7 Å². The smallest absolute Gasteiger partial charge is 0.225 e. The van der Waals surface area contributed by atoms with E-state index >= 15 is 0 Å². The molecule has 1 aromatic rings. The molecule has 1 amide bonds. The number of nitrogens with one attached hydrogen (secondary N) is 2. The van der Waals surface area contributed by atoms with Gasteiger partial charge < -0.3 is 10.6 Å². The van der Waals surface area contributed by atoms with E-state index in [1.165, 1.54) is 12.0 Å². The third-order valence-corrected chi connectivity index (χ3v) is 5.11. The lowest BCUT2D eigenvalue weighted by molar-refractivity contribution is -0.128. The van der Waals surface area contributed by atoms with Gasteiger partial charge in [-0.1, -0.05) is 28.1 Å². The number of rotatable bonds is 3. The van der Waals surface area contributed by atoms with Crippen LogP contribution in [0.4, 0.5) is 0 Å². The minimum Gasteiger partial charge on any atom is -0.346 e. The molecule has 0 aromatic heterocycles. The summed E-state index contributed by atoms with van der Waals surface area (Å²) in [5, 5.41) is 6.66. The Labute approximate surface area is 140 Å². The van der Waals surface area contributed by atoms with E-state index in [0.29, 0.717) is 0 Å². The van der Waals surface area contributed by atoms with E-state index in [1.807, 2.05) is 12.1 Å². The van der Waals surface area contributed by atoms with Gasteiger partial charge in [-0.2, -0.15) is 0 Å². The van der Waals surface area contributed by atoms with E-state index in [2.05, 4.69) is 38.7 Å². The van der Waals surface area contributed by atoms with Gasteiger partial charge >= 0.3 is 0 Å². The van der Waals surface area contributed by atoms with Crippen LogP contribution in [0.25, 0.3) is 0 Å². The SMILES string of the molecule is Cl.O=C(NC1(c2cccc(Br)c2)CCC1)C1CCCNC1. The zero-order chi connectivity index (χ0) is 14.0. The molecule has 0 bridgehead atoms. The third-order valence-electron chi connectivity index (χ3n) is 4.61. The number of piperidine rings is 1. The summed E-state index contributed by atoms with van der Waals surface area (Å²) in [6.07, 6.45) is 5.40. The first-order valence-electron chi connectivity index (χ1n) is 7.48. The molecule has 1 atom stereocenters. The minimum absolute atomic E-state index is 0. The number of halogens is 2. The second kappa shape index (κ2) is 7.12. The first kappa shape index (κ1) is 16.8. The first-order valence-corrected chi connectivity index (χ1v) is 8.28. The van der Waals surface area contributed by atoms with Gasteiger partial charge in [0.05, 0.1) is 11.5 Å². The van der Waals surface area contributed by atoms with Gasteiger partial charge in [0.2, 0.25) is 5.91 Å². The topological polar surface area (TPSA) is 41.1 Å². The molecule has 1 saturated heterocycles. The Hall–Kier alpha value is -0.580. The molecule has 3 rings (SSSR count). The van der Waals surface area contributed by atoms with E-state index in [0.717, 1.165) is 43.2 Å². The molecule has 3 nitrogen and oxygen atoms in total. The highest BCUT2D eigenvalue weighted by atomic mass is 79.9. The van der Waals surface area contributed by atoms with E-state index < -0.39 is 0 Å². The predicted molar refractivity (Wildman–Crippen MR) is 90.7 cm³/mol. The molecule has 0 radical (unpaired) electrons. The van der Waals surface area contributed by atoms with Gasteiger partial charge in [-0.25, -0.2) is 0 Å². The number of amides is 1. The average molecular weight is 374 g/mol. The Morgan fingerprint density at radius 2 is 2.14 bits per heavy atom. The average Bonchev–Trinajstić information content (AvgIpc) is 2.43. The van der Waals surface area contributed by atoms with Crippen molar-refractivity contribution >= 4 is 34.2 Å². The van der Waals surface area contributed by atoms with E-state index in [9.17, 15) is 4.79 Å². The summed E-state index contributed by atoms with van der Waals surface area (Å²) in [4.78, 5) is 12.5. The van der Waals surface area contributed by atoms with Crippen LogP contribution in [0.5, 0.6) is 0 Å². The fourth-order valence-electron chi connectivity index (χ4n) is 3.22. The summed E-state index contributed by atoms with van der Waals surface area (Å²) >= 11 is 3.53. The Morgan fingerprint density at radius 3 is 2.71 bits per heavy atom. The van der Waals surface area contributed by atoms with Crippen LogP contribution >= 0.6 is 28.3 Å². The molecule has 1 aliphatic carbocycles. The molecule has 1 aromatic carbocycles. The van der Waals surface area contributed by atoms with Crippen molar-refractivity contribution in [3.63, 3.8) is 0 Å². The molecule has 0 spiro atoms. The zero-order valence-electron chi connectivity index (χ0n) is 12.0. The fraction of sp³-hybridized carbons (Fsp3) is 0.562. The van der Waals surface area contributed by atoms with Crippen LogP contribution in [-0.4, -0.2) is 19.0 Å². The van der Waals surface area contributed by atoms with Crippen molar-refractivity contribution in [1.82, 2.24) is 10.6 Å². The van der Waals surface area contributed by atoms with Gasteiger partial charge in [0.1, 0.15) is 0 Å². The summed E-state index contributed by atoms with van der Waals surface area (Å²) in [5.74, 6) is 0.352. The second-order valence-electron chi connectivity index (χ2n) is 5.98. The summed E-state index contributed by atoms with van der Waals surface area (Å²) in [6, 6.07) is 8.35. The molecule has 2 aliphatic rings. The third kappa shape index (κ3) is 3.61. The van der Waals surface area contributed by atoms with Crippen molar-refractivity contribution in [2.45, 2.75) is 37.6 Å². The number of hydrogen-bond acceptors (Lipinski definition) is 2. The first-order chi connectivity index (χ1) is 9.70. The maximum Gasteiger partial charge on any atom is 0.225 e. The summed E-state index contributed by atoms with van der Waals surface area (Å²) in [6.45, 7) is 1.86. The molecule has 1 unspecified atom stereocenters. The Kier molecular flexibility index (Phi) is 5.69. The Bertz CT molecular complexity index is 499. The molecular formula is C16H22BrClN2O. The molecular weight excluding hydrogens is 352 g/mol. The van der Waals surface area contributed by atoms with Gasteiger partial charge in [-0.05, 0) is 56.3 Å². The van der Waals surface area contributed by atoms with Crippen molar-refractivity contribution in [3.8, 4) is 0 Å². The largest absolute Gasteiger partial charge is 0.346 e. The van der Waals surface area contributed by atoms with Crippen molar-refractivity contribution < 1.29 is 4.79 Å². The lowest BCUT2D eigenvalue weighted by Gasteiger charge is -2.44. The molecule has 1 aliphatic heterocycles. The molecule has 1 saturated carbocycles. The van der Waals surface area contributed by atoms with Crippen LogP contribution in [0.3, 0.4) is 0 Å². The standard InChI is InChI=1S/C16H21BrN2O.ClH/c17-14-6-1-5-13(10-14)16(7-3-8-16)19-15(20)12-4-2-9-18-11-12;/h1,5-6,10,12,18H,2-4,7-9,11H2,(H,19,20);1H. The molecule has 5 heteroatoms. The van der Waals surface area contributed by atoms with Crippen molar-refractivity contribution in [2.75, 3.05) is 13.1 Å². The van der Waals surface area contributed by atoms with E-state index in [1.54, 1.807) is 0 Å². The Balaban J connectivity index is 0.00000161. The van der Waals surface area contributed by atoms with Crippen LogP contribution in [0, 0.1) is 5.92 Å². The molecule has 2 fully saturated rings. The second-order valence-corrected chi connectivity index (χ2v) is 6.89. The molecule has 21 heavy (non-hydrogen) atoms. The number of hydrogen-bond donors (Lipinski definition) is 2. The monoisotopic (exact) mass is 372 g/mol. The number of carbonyl (C=O) groups is 1.